The van der Waals surface area contributed by atoms with Crippen LogP contribution in [0.25, 0.3) is 0 Å². The predicted octanol–water partition coefficient (Wildman–Crippen LogP) is -2.86. The number of aliphatic carboxylic acids is 2. The van der Waals surface area contributed by atoms with E-state index in [2.05, 4.69) is 41.2 Å². The Morgan fingerprint density at radius 2 is 0.877 bits per heavy atom. The Bertz CT molecular complexity index is 1780. The minimum absolute atomic E-state index is 0. The third-order valence-corrected chi connectivity index (χ3v) is 8.52. The second kappa shape index (κ2) is 23.2. The molecule has 10 N–H and O–H groups in total. The molecule has 19 heteroatoms. The molecular formula is C38H48CuN10O8. The van der Waals surface area contributed by atoms with Gasteiger partial charge in [-0.3, -0.25) is 19.2 Å². The van der Waals surface area contributed by atoms with E-state index in [1.54, 1.807) is 62.4 Å². The number of benzene rings is 2. The summed E-state index contributed by atoms with van der Waals surface area (Å²) in [5.74, 6) is -5.18. The van der Waals surface area contributed by atoms with Gasteiger partial charge in [0, 0.05) is 24.2 Å². The summed E-state index contributed by atoms with van der Waals surface area (Å²) in [7, 11) is 0. The normalized spacial score (nSPS) is 13.7. The molecule has 309 valence electrons. The number of carbonyl (C=O) groups excluding carboxylic acids is 6. The minimum Gasteiger partial charge on any atom is -0.548 e. The number of rotatable bonds is 18. The first-order valence-corrected chi connectivity index (χ1v) is 17.8. The molecule has 0 aliphatic carbocycles. The van der Waals surface area contributed by atoms with Gasteiger partial charge in [0.1, 0.15) is 12.1 Å². The third kappa shape index (κ3) is 15.6. The average molecular weight is 836 g/mol. The van der Waals surface area contributed by atoms with Crippen LogP contribution in [0.1, 0.15) is 47.8 Å². The van der Waals surface area contributed by atoms with E-state index < -0.39 is 71.8 Å². The Kier molecular flexibility index (Phi) is 19.3. The number of nitrogens with one attached hydrogen (secondary N) is 6. The number of carboxylic acid groups (broad SMARTS) is 2. The largest absolute Gasteiger partial charge is 2.00 e. The Balaban J connectivity index is 0.000000387. The van der Waals surface area contributed by atoms with E-state index in [1.165, 1.54) is 26.5 Å². The molecule has 4 aromatic rings. The van der Waals surface area contributed by atoms with Gasteiger partial charge >= 0.3 is 17.1 Å². The van der Waals surface area contributed by atoms with Crippen molar-refractivity contribution in [2.75, 3.05) is 0 Å². The van der Waals surface area contributed by atoms with E-state index in [4.69, 9.17) is 11.5 Å². The number of aromatic nitrogens is 4. The van der Waals surface area contributed by atoms with Crippen LogP contribution in [-0.4, -0.2) is 91.8 Å². The Labute approximate surface area is 340 Å². The summed E-state index contributed by atoms with van der Waals surface area (Å²) >= 11 is 0. The molecule has 0 spiro atoms. The van der Waals surface area contributed by atoms with Crippen molar-refractivity contribution in [1.29, 1.82) is 0 Å². The Morgan fingerprint density at radius 1 is 0.561 bits per heavy atom. The van der Waals surface area contributed by atoms with E-state index in [9.17, 15) is 39.0 Å². The molecule has 18 nitrogen and oxygen atoms in total. The van der Waals surface area contributed by atoms with E-state index in [-0.39, 0.29) is 42.8 Å². The summed E-state index contributed by atoms with van der Waals surface area (Å²) in [6, 6.07) is 11.5. The van der Waals surface area contributed by atoms with Crippen LogP contribution >= 0.6 is 0 Å². The molecule has 4 amide bonds. The average Bonchev–Trinajstić information content (AvgIpc) is 3.77. The molecule has 0 saturated heterocycles. The summed E-state index contributed by atoms with van der Waals surface area (Å²) in [5, 5.41) is 33.0. The van der Waals surface area contributed by atoms with Crippen molar-refractivity contribution in [2.45, 2.75) is 89.6 Å². The van der Waals surface area contributed by atoms with Crippen LogP contribution < -0.4 is 42.9 Å². The van der Waals surface area contributed by atoms with Crippen LogP contribution in [-0.2, 0) is 71.5 Å². The number of aryl methyl sites for hydroxylation is 2. The molecule has 1 radical (unpaired) electrons. The number of hydrogen-bond acceptors (Lipinski definition) is 12. The summed E-state index contributed by atoms with van der Waals surface area (Å²) in [5.41, 5.74) is 15.3. The number of hydrogen-bond donors (Lipinski definition) is 8. The van der Waals surface area contributed by atoms with Gasteiger partial charge in [-0.15, -0.1) is 0 Å². The Hall–Kier alpha value is -5.88. The molecule has 4 rings (SSSR count). The molecule has 6 atom stereocenters. The maximum Gasteiger partial charge on any atom is 2.00 e. The van der Waals surface area contributed by atoms with Gasteiger partial charge in [-0.05, 0) is 51.7 Å². The Morgan fingerprint density at radius 3 is 1.14 bits per heavy atom. The van der Waals surface area contributed by atoms with Crippen molar-refractivity contribution in [2.24, 2.45) is 11.5 Å². The van der Waals surface area contributed by atoms with E-state index in [0.717, 1.165) is 22.5 Å². The van der Waals surface area contributed by atoms with Gasteiger partial charge in [0.05, 0.1) is 60.1 Å². The molecule has 2 heterocycles. The van der Waals surface area contributed by atoms with Crippen molar-refractivity contribution in [3.8, 4) is 0 Å². The molecule has 0 aliphatic heterocycles. The van der Waals surface area contributed by atoms with E-state index in [0.29, 0.717) is 11.4 Å². The number of H-pyrrole nitrogens is 2. The molecule has 0 aliphatic rings. The fourth-order valence-electron chi connectivity index (χ4n) is 5.23. The van der Waals surface area contributed by atoms with Crippen LogP contribution in [0, 0.1) is 13.8 Å². The smallest absolute Gasteiger partial charge is 0.548 e. The second-order valence-electron chi connectivity index (χ2n) is 13.2. The monoisotopic (exact) mass is 835 g/mol. The quantitative estimate of drug-likeness (QED) is 0.0470. The number of nitrogens with zero attached hydrogens (tertiary/aromatic N) is 2. The molecule has 57 heavy (non-hydrogen) atoms. The van der Waals surface area contributed by atoms with Crippen LogP contribution in [0.5, 0.6) is 0 Å². The number of carbonyl (C=O) groups is 6. The summed E-state index contributed by atoms with van der Waals surface area (Å²) in [6.07, 6.45) is 3.25. The molecule has 0 unspecified atom stereocenters. The maximum absolute atomic E-state index is 12.7. The molecule has 0 bridgehead atoms. The standard InChI is InChI=1S/2C19H25N5O4.Cu/c2*1-11(20)17(25)23-15(9-14-12(2)21-10-22-14)18(26)24-16(19(27)28)8-13-6-4-3-5-7-13;/h2*3-7,10-11,15-16H,8-9,20H2,1-2H3,(H,21,22)(H,23,25)(H,24,26)(H,27,28);/q;;+2/p-2/t2*11-,15-,16-;/m00./s1. The van der Waals surface area contributed by atoms with Crippen LogP contribution in [0.3, 0.4) is 0 Å². The van der Waals surface area contributed by atoms with Gasteiger partial charge in [0.25, 0.3) is 0 Å². The van der Waals surface area contributed by atoms with Crippen LogP contribution in [0.4, 0.5) is 0 Å². The topological polar surface area (TPSA) is 306 Å². The van der Waals surface area contributed by atoms with Gasteiger partial charge in [0.2, 0.25) is 23.6 Å². The molecule has 2 aromatic heterocycles. The number of nitrogens with two attached hydrogens (primary N) is 2. The molecule has 0 saturated carbocycles. The zero-order chi connectivity index (χ0) is 41.4. The van der Waals surface area contributed by atoms with Gasteiger partial charge in [-0.1, -0.05) is 60.7 Å². The first-order chi connectivity index (χ1) is 26.5. The zero-order valence-corrected chi connectivity index (χ0v) is 32.8. The summed E-state index contributed by atoms with van der Waals surface area (Å²) < 4.78 is 0. The molecular weight excluding hydrogens is 788 g/mol. The number of amides is 4. The molecule has 2 aromatic carbocycles. The zero-order valence-electron chi connectivity index (χ0n) is 31.8. The fraction of sp³-hybridized carbons (Fsp3) is 0.368. The van der Waals surface area contributed by atoms with Crippen molar-refractivity contribution >= 4 is 35.6 Å². The van der Waals surface area contributed by atoms with Crippen molar-refractivity contribution in [3.63, 3.8) is 0 Å². The SMILES string of the molecule is Cc1[nH]cnc1C[C@H](NC(=O)[C@H](C)N)C(=O)N[C@@H](Cc1ccccc1)C(=O)[O-].Cc1[nH]cnc1C[C@H](NC(=O)[C@H](C)N)C(=O)N[C@@H](Cc1ccccc1)C(=O)[O-].[Cu+2]. The fourth-order valence-corrected chi connectivity index (χ4v) is 5.23. The van der Waals surface area contributed by atoms with Gasteiger partial charge in [-0.25, -0.2) is 9.97 Å². The van der Waals surface area contributed by atoms with E-state index in [1.807, 2.05) is 12.1 Å². The van der Waals surface area contributed by atoms with Crippen LogP contribution in [0.15, 0.2) is 73.3 Å². The van der Waals surface area contributed by atoms with Gasteiger partial charge in [-0.2, -0.15) is 0 Å². The summed E-state index contributed by atoms with van der Waals surface area (Å²) in [6.45, 7) is 6.54. The van der Waals surface area contributed by atoms with Crippen molar-refractivity contribution in [1.82, 2.24) is 41.2 Å². The van der Waals surface area contributed by atoms with Gasteiger partial charge < -0.3 is 62.5 Å². The number of imidazole rings is 2. The van der Waals surface area contributed by atoms with Crippen molar-refractivity contribution < 1.29 is 56.0 Å². The third-order valence-electron chi connectivity index (χ3n) is 8.52. The first-order valence-electron chi connectivity index (χ1n) is 17.8. The maximum atomic E-state index is 12.7. The van der Waals surface area contributed by atoms with Gasteiger partial charge in [0.15, 0.2) is 0 Å². The number of aromatic amines is 2. The second-order valence-corrected chi connectivity index (χ2v) is 13.2. The predicted molar refractivity (Wildman–Crippen MR) is 199 cm³/mol. The first kappa shape index (κ1) is 47.3. The number of carboxylic acids is 2. The minimum atomic E-state index is -1.41. The van der Waals surface area contributed by atoms with Crippen LogP contribution in [0.2, 0.25) is 0 Å². The molecule has 0 fully saturated rings. The summed E-state index contributed by atoms with van der Waals surface area (Å²) in [4.78, 5) is 86.6. The van der Waals surface area contributed by atoms with Crippen molar-refractivity contribution in [3.05, 3.63) is 107 Å². The van der Waals surface area contributed by atoms with E-state index >= 15 is 0 Å².